The van der Waals surface area contributed by atoms with Gasteiger partial charge in [0.2, 0.25) is 10.0 Å². The van der Waals surface area contributed by atoms with E-state index in [1.807, 2.05) is 36.4 Å². The highest BCUT2D eigenvalue weighted by Crippen LogP contribution is 2.38. The molecule has 2 N–H and O–H groups in total. The molecule has 252 valence electrons. The van der Waals surface area contributed by atoms with Crippen LogP contribution in [0.1, 0.15) is 91.9 Å². The molecule has 4 rings (SSSR count). The minimum Gasteiger partial charge on any atom is -0.444 e. The lowest BCUT2D eigenvalue weighted by atomic mass is 9.89. The van der Waals surface area contributed by atoms with Crippen LogP contribution in [0.25, 0.3) is 11.1 Å². The smallest absolute Gasteiger partial charge is 0.410 e. The number of hydrogen-bond acceptors (Lipinski definition) is 8. The van der Waals surface area contributed by atoms with Crippen LogP contribution in [0.5, 0.6) is 0 Å². The monoisotopic (exact) mass is 665 g/mol. The van der Waals surface area contributed by atoms with Crippen molar-refractivity contribution in [2.75, 3.05) is 19.3 Å². The number of nitro benzene ring substituents is 1. The van der Waals surface area contributed by atoms with Crippen LogP contribution in [0.3, 0.4) is 0 Å². The largest absolute Gasteiger partial charge is 0.444 e. The molecule has 3 aromatic carbocycles. The molecule has 1 aliphatic carbocycles. The van der Waals surface area contributed by atoms with Crippen molar-refractivity contribution in [1.29, 1.82) is 0 Å². The number of hydrogen-bond donors (Lipinski definition) is 2. The summed E-state index contributed by atoms with van der Waals surface area (Å²) < 4.78 is 31.1. The van der Waals surface area contributed by atoms with Crippen molar-refractivity contribution in [3.63, 3.8) is 0 Å². The average molecular weight is 666 g/mol. The van der Waals surface area contributed by atoms with Gasteiger partial charge in [0.25, 0.3) is 11.6 Å². The molecular formula is C35H43N3O8S. The van der Waals surface area contributed by atoms with E-state index in [4.69, 9.17) is 4.74 Å². The van der Waals surface area contributed by atoms with Gasteiger partial charge in [-0.05, 0) is 98.4 Å². The Balaban J connectivity index is 1.44. The van der Waals surface area contributed by atoms with Gasteiger partial charge in [0.05, 0.1) is 23.8 Å². The van der Waals surface area contributed by atoms with Crippen molar-refractivity contribution in [2.24, 2.45) is 0 Å². The third-order valence-corrected chi connectivity index (χ3v) is 8.64. The number of sulfonamides is 1. The molecule has 0 aromatic heterocycles. The van der Waals surface area contributed by atoms with Crippen molar-refractivity contribution >= 4 is 27.7 Å². The lowest BCUT2D eigenvalue weighted by molar-refractivity contribution is -0.384. The number of nitrogens with one attached hydrogen (secondary N) is 1. The zero-order valence-electron chi connectivity index (χ0n) is 27.3. The van der Waals surface area contributed by atoms with Gasteiger partial charge in [-0.2, -0.15) is 0 Å². The summed E-state index contributed by atoms with van der Waals surface area (Å²) in [4.78, 5) is 37.7. The van der Waals surface area contributed by atoms with Crippen molar-refractivity contribution in [3.05, 3.63) is 99.1 Å². The van der Waals surface area contributed by atoms with Gasteiger partial charge in [0, 0.05) is 24.2 Å². The predicted octanol–water partition coefficient (Wildman–Crippen LogP) is 6.51. The molecular weight excluding hydrogens is 622 g/mol. The maximum Gasteiger partial charge on any atom is 0.410 e. The Bertz CT molecular complexity index is 1680. The van der Waals surface area contributed by atoms with Gasteiger partial charge in [-0.25, -0.2) is 17.9 Å². The minimum atomic E-state index is -3.69. The predicted molar refractivity (Wildman–Crippen MR) is 180 cm³/mol. The van der Waals surface area contributed by atoms with Crippen molar-refractivity contribution < 1.29 is 32.8 Å². The van der Waals surface area contributed by atoms with E-state index in [9.17, 15) is 33.2 Å². The number of rotatable bonds is 12. The van der Waals surface area contributed by atoms with Crippen LogP contribution in [-0.2, 0) is 21.2 Å². The topological polar surface area (TPSA) is 156 Å². The molecule has 11 nitrogen and oxygen atoms in total. The number of aliphatic hydroxyl groups is 1. The zero-order chi connectivity index (χ0) is 34.4. The summed E-state index contributed by atoms with van der Waals surface area (Å²) in [5.74, 6) is -0.418. The first-order valence-electron chi connectivity index (χ1n) is 15.8. The molecule has 12 heteroatoms. The first-order valence-corrected chi connectivity index (χ1v) is 17.6. The molecule has 47 heavy (non-hydrogen) atoms. The van der Waals surface area contributed by atoms with E-state index < -0.39 is 38.7 Å². The van der Waals surface area contributed by atoms with E-state index in [0.717, 1.165) is 54.2 Å². The normalized spacial score (nSPS) is 14.4. The van der Waals surface area contributed by atoms with Gasteiger partial charge in [0.1, 0.15) is 5.60 Å². The first kappa shape index (κ1) is 35.6. The fraction of sp³-hybridized carbons (Fsp3) is 0.429. The average Bonchev–Trinajstić information content (AvgIpc) is 3.54. The molecule has 0 saturated heterocycles. The molecule has 3 aromatic rings. The molecule has 0 bridgehead atoms. The number of non-ortho nitro benzene ring substituents is 1. The molecule has 0 spiro atoms. The lowest BCUT2D eigenvalue weighted by Crippen LogP contribution is -2.40. The van der Waals surface area contributed by atoms with Crippen LogP contribution in [-0.4, -0.2) is 60.3 Å². The number of amides is 2. The van der Waals surface area contributed by atoms with E-state index in [1.54, 1.807) is 26.8 Å². The van der Waals surface area contributed by atoms with Crippen molar-refractivity contribution in [2.45, 2.75) is 76.9 Å². The van der Waals surface area contributed by atoms with Crippen LogP contribution in [0, 0.1) is 10.1 Å². The summed E-state index contributed by atoms with van der Waals surface area (Å²) in [5.41, 5.74) is 3.85. The quantitative estimate of drug-likeness (QED) is 0.164. The van der Waals surface area contributed by atoms with Gasteiger partial charge in [0.15, 0.2) is 0 Å². The highest BCUT2D eigenvalue weighted by molar-refractivity contribution is 7.89. The number of benzene rings is 3. The maximum atomic E-state index is 13.0. The van der Waals surface area contributed by atoms with E-state index in [0.29, 0.717) is 30.5 Å². The van der Waals surface area contributed by atoms with Crippen LogP contribution < -0.4 is 4.72 Å². The Labute approximate surface area is 276 Å². The van der Waals surface area contributed by atoms with Crippen molar-refractivity contribution in [3.8, 4) is 11.1 Å². The zero-order valence-corrected chi connectivity index (χ0v) is 28.1. The van der Waals surface area contributed by atoms with Gasteiger partial charge < -0.3 is 14.7 Å². The van der Waals surface area contributed by atoms with E-state index >= 15 is 0 Å². The minimum absolute atomic E-state index is 0.0345. The molecule has 0 radical (unpaired) electrons. The molecule has 1 aliphatic rings. The molecule has 1 atom stereocenters. The second kappa shape index (κ2) is 15.1. The molecule has 0 heterocycles. The summed E-state index contributed by atoms with van der Waals surface area (Å²) in [6.07, 6.45) is 4.65. The Morgan fingerprint density at radius 2 is 1.64 bits per heavy atom. The van der Waals surface area contributed by atoms with E-state index in [2.05, 4.69) is 4.72 Å². The number of aryl methyl sites for hydroxylation is 1. The molecule has 1 fully saturated rings. The third-order valence-electron chi connectivity index (χ3n) is 8.08. The van der Waals surface area contributed by atoms with Crippen molar-refractivity contribution in [1.82, 2.24) is 9.62 Å². The van der Waals surface area contributed by atoms with E-state index in [1.165, 1.54) is 29.2 Å². The van der Waals surface area contributed by atoms with Gasteiger partial charge in [-0.15, -0.1) is 0 Å². The van der Waals surface area contributed by atoms with Gasteiger partial charge >= 0.3 is 6.09 Å². The molecule has 0 unspecified atom stereocenters. The van der Waals surface area contributed by atoms with Crippen LogP contribution in [0.4, 0.5) is 10.5 Å². The summed E-state index contributed by atoms with van der Waals surface area (Å²) in [6.45, 7) is 5.60. The number of nitro groups is 1. The number of aliphatic hydroxyl groups excluding tert-OH is 1. The lowest BCUT2D eigenvalue weighted by Gasteiger charge is -2.29. The highest BCUT2D eigenvalue weighted by Gasteiger charge is 2.26. The standard InChI is InChI=1S/C35H43N3O8S/c1-35(2,3)46-34(41)37(23-32(39)27-15-18-29(19-16-27)38(42)43)21-7-8-24-11-13-25(14-12-24)28-17-20-30(33(40)36-47(4,44)45)31(22-28)26-9-5-6-10-26/h11-20,22,26,32,39H,5-10,21,23H2,1-4H3,(H,36,40)/t32-/m0/s1. The Kier molecular flexibility index (Phi) is 11.4. The third kappa shape index (κ3) is 10.4. The van der Waals surface area contributed by atoms with Gasteiger partial charge in [-0.1, -0.05) is 49.2 Å². The number of carbonyl (C=O) groups excluding carboxylic acids is 2. The summed E-state index contributed by atoms with van der Waals surface area (Å²) >= 11 is 0. The summed E-state index contributed by atoms with van der Waals surface area (Å²) in [5, 5.41) is 21.8. The maximum absolute atomic E-state index is 13.0. The number of carbonyl (C=O) groups is 2. The summed E-state index contributed by atoms with van der Waals surface area (Å²) in [7, 11) is -3.69. The van der Waals surface area contributed by atoms with Crippen LogP contribution in [0.15, 0.2) is 66.7 Å². The second-order valence-corrected chi connectivity index (χ2v) is 14.8. The van der Waals surface area contributed by atoms with Crippen LogP contribution in [0.2, 0.25) is 0 Å². The fourth-order valence-electron chi connectivity index (χ4n) is 5.80. The SMILES string of the molecule is CC(C)(C)OC(=O)N(CCCc1ccc(-c2ccc(C(=O)NS(C)(=O)=O)c(C3CCCC3)c2)cc1)C[C@H](O)c1ccc([N+](=O)[O-])cc1. The number of ether oxygens (including phenoxy) is 1. The highest BCUT2D eigenvalue weighted by atomic mass is 32.2. The Morgan fingerprint density at radius 3 is 2.21 bits per heavy atom. The molecule has 2 amide bonds. The molecule has 1 saturated carbocycles. The van der Waals surface area contributed by atoms with Crippen LogP contribution >= 0.6 is 0 Å². The Morgan fingerprint density at radius 1 is 1.02 bits per heavy atom. The first-order chi connectivity index (χ1) is 22.1. The van der Waals surface area contributed by atoms with Gasteiger partial charge in [-0.3, -0.25) is 14.9 Å². The van der Waals surface area contributed by atoms with E-state index in [-0.39, 0.29) is 18.2 Å². The fourth-order valence-corrected chi connectivity index (χ4v) is 6.25. The summed E-state index contributed by atoms with van der Waals surface area (Å²) in [6, 6.07) is 19.2. The second-order valence-electron chi connectivity index (χ2n) is 13.1. The number of nitrogens with zero attached hydrogens (tertiary/aromatic N) is 2. The molecule has 0 aliphatic heterocycles. The Hall–Kier alpha value is -4.29.